The van der Waals surface area contributed by atoms with E-state index < -0.39 is 47.9 Å². The van der Waals surface area contributed by atoms with Gasteiger partial charge in [-0.1, -0.05) is 23.2 Å². The monoisotopic (exact) mass is 554 g/mol. The molecule has 0 unspecified atom stereocenters. The Morgan fingerprint density at radius 2 is 2.06 bits per heavy atom. The average Bonchev–Trinajstić information content (AvgIpc) is 2.81. The Labute approximate surface area is 212 Å². The van der Waals surface area contributed by atoms with Crippen molar-refractivity contribution in [3.63, 3.8) is 0 Å². The zero-order valence-corrected chi connectivity index (χ0v) is 20.5. The highest BCUT2D eigenvalue weighted by atomic mass is 35.5. The third-order valence-corrected chi connectivity index (χ3v) is 5.12. The summed E-state index contributed by atoms with van der Waals surface area (Å²) < 4.78 is 59.4. The van der Waals surface area contributed by atoms with Crippen LogP contribution in [-0.2, 0) is 4.79 Å². The van der Waals surface area contributed by atoms with Crippen molar-refractivity contribution in [3.8, 4) is 5.88 Å². The smallest absolute Gasteiger partial charge is 0.425 e. The lowest BCUT2D eigenvalue weighted by atomic mass is 10.2. The number of aliphatic hydroxyl groups is 1. The second-order valence-corrected chi connectivity index (χ2v) is 7.72. The summed E-state index contributed by atoms with van der Waals surface area (Å²) in [6.07, 6.45) is -5.67. The minimum absolute atomic E-state index is 0.0409. The van der Waals surface area contributed by atoms with Gasteiger partial charge in [0, 0.05) is 19.8 Å². The molecule has 0 aromatic carbocycles. The van der Waals surface area contributed by atoms with E-state index in [4.69, 9.17) is 27.9 Å². The third-order valence-electron chi connectivity index (χ3n) is 4.52. The van der Waals surface area contributed by atoms with E-state index in [0.29, 0.717) is 19.4 Å². The van der Waals surface area contributed by atoms with Gasteiger partial charge in [0.2, 0.25) is 12.3 Å². The van der Waals surface area contributed by atoms with Crippen LogP contribution in [0.2, 0.25) is 10.2 Å². The first-order valence-electron chi connectivity index (χ1n) is 10.0. The molecule has 0 saturated heterocycles. The Morgan fingerprint density at radius 3 is 2.58 bits per heavy atom. The molecule has 196 valence electrons. The quantitative estimate of drug-likeness (QED) is 0.121. The lowest BCUT2D eigenvalue weighted by Crippen LogP contribution is -2.34. The summed E-state index contributed by atoms with van der Waals surface area (Å²) in [5, 5.41) is 16.1. The number of hydrogen-bond acceptors (Lipinski definition) is 8. The van der Waals surface area contributed by atoms with Crippen molar-refractivity contribution >= 4 is 52.9 Å². The largest absolute Gasteiger partial charge is 0.464 e. The first-order chi connectivity index (χ1) is 16.8. The zero-order valence-electron chi connectivity index (χ0n) is 19.0. The van der Waals surface area contributed by atoms with Gasteiger partial charge in [-0.3, -0.25) is 14.5 Å². The summed E-state index contributed by atoms with van der Waals surface area (Å²) in [5.41, 5.74) is -0.890. The number of pyridine rings is 2. The third kappa shape index (κ3) is 6.92. The van der Waals surface area contributed by atoms with E-state index in [-0.39, 0.29) is 28.2 Å². The number of halogens is 6. The molecule has 2 aromatic heterocycles. The molecule has 2 aromatic rings. The molecule has 2 N–H and O–H groups in total. The topological polar surface area (TPSA) is 120 Å². The SMILES string of the molecule is CCN(C=O)/C(CO)=N\N(C)c1nc(O[C@@H](C)C(F)(F)F)c(C(=O)Nc2c(Cl)ccnc2Cl)cc1F. The maximum atomic E-state index is 15.0. The van der Waals surface area contributed by atoms with Crippen molar-refractivity contribution < 1.29 is 37.0 Å². The first-order valence-corrected chi connectivity index (χ1v) is 10.8. The number of nitrogens with zero attached hydrogens (tertiary/aromatic N) is 5. The van der Waals surface area contributed by atoms with Crippen molar-refractivity contribution in [2.45, 2.75) is 26.1 Å². The van der Waals surface area contributed by atoms with Gasteiger partial charge in [0.1, 0.15) is 12.2 Å². The lowest BCUT2D eigenvalue weighted by molar-refractivity contribution is -0.190. The van der Waals surface area contributed by atoms with Gasteiger partial charge in [0.05, 0.1) is 10.7 Å². The van der Waals surface area contributed by atoms with Crippen LogP contribution in [0.1, 0.15) is 24.2 Å². The molecule has 2 amide bonds. The molecular weight excluding hydrogens is 535 g/mol. The van der Waals surface area contributed by atoms with Crippen molar-refractivity contribution in [2.24, 2.45) is 5.10 Å². The Balaban J connectivity index is 2.58. The van der Waals surface area contributed by atoms with Gasteiger partial charge in [0.15, 0.2) is 28.7 Å². The van der Waals surface area contributed by atoms with Gasteiger partial charge < -0.3 is 15.2 Å². The summed E-state index contributed by atoms with van der Waals surface area (Å²) in [4.78, 5) is 32.4. The molecule has 0 saturated carbocycles. The number of likely N-dealkylation sites (N-methyl/N-ethyl adjacent to an activating group) is 1. The number of amidine groups is 1. The number of amides is 2. The molecule has 0 aliphatic heterocycles. The molecule has 2 rings (SSSR count). The molecule has 10 nitrogen and oxygen atoms in total. The van der Waals surface area contributed by atoms with Gasteiger partial charge >= 0.3 is 6.18 Å². The molecule has 36 heavy (non-hydrogen) atoms. The van der Waals surface area contributed by atoms with Crippen LogP contribution in [-0.4, -0.2) is 70.6 Å². The van der Waals surface area contributed by atoms with E-state index in [1.54, 1.807) is 6.92 Å². The summed E-state index contributed by atoms with van der Waals surface area (Å²) in [6.45, 7) is 1.63. The second-order valence-electron chi connectivity index (χ2n) is 6.95. The fourth-order valence-electron chi connectivity index (χ4n) is 2.60. The van der Waals surface area contributed by atoms with Crippen LogP contribution in [0.3, 0.4) is 0 Å². The molecule has 0 aliphatic carbocycles. The van der Waals surface area contributed by atoms with E-state index in [1.165, 1.54) is 12.3 Å². The maximum Gasteiger partial charge on any atom is 0.425 e. The minimum Gasteiger partial charge on any atom is -0.464 e. The van der Waals surface area contributed by atoms with Crippen LogP contribution in [0.4, 0.5) is 29.1 Å². The number of hydrazone groups is 1. The predicted molar refractivity (Wildman–Crippen MR) is 124 cm³/mol. The van der Waals surface area contributed by atoms with Gasteiger partial charge in [0.25, 0.3) is 5.91 Å². The standard InChI is InChI=1S/C20H20Cl2F4N6O4/c1-4-32(9-34)14(8-33)30-31(3)17-13(23)7-11(19(29-17)36-10(2)20(24,25)26)18(35)28-15-12(21)5-6-27-16(15)22/h5-7,9-10,33H,4,8H2,1-3H3,(H,28,35)/b30-14-/t10-/m0/s1. The highest BCUT2D eigenvalue weighted by molar-refractivity contribution is 6.39. The molecule has 0 aliphatic rings. The number of aliphatic hydroxyl groups excluding tert-OH is 1. The van der Waals surface area contributed by atoms with Crippen molar-refractivity contribution in [3.05, 3.63) is 39.9 Å². The highest BCUT2D eigenvalue weighted by Gasteiger charge is 2.39. The highest BCUT2D eigenvalue weighted by Crippen LogP contribution is 2.32. The van der Waals surface area contributed by atoms with Crippen LogP contribution < -0.4 is 15.1 Å². The van der Waals surface area contributed by atoms with E-state index in [2.05, 4.69) is 20.4 Å². The zero-order chi connectivity index (χ0) is 27.2. The maximum absolute atomic E-state index is 15.0. The van der Waals surface area contributed by atoms with E-state index in [9.17, 15) is 32.3 Å². The summed E-state index contributed by atoms with van der Waals surface area (Å²) in [6, 6.07) is 1.87. The Kier molecular flexibility index (Phi) is 9.78. The van der Waals surface area contributed by atoms with Crippen LogP contribution in [0.15, 0.2) is 23.4 Å². The molecule has 1 atom stereocenters. The van der Waals surface area contributed by atoms with Gasteiger partial charge in [-0.05, 0) is 26.0 Å². The number of carbonyl (C=O) groups excluding carboxylic acids is 2. The van der Waals surface area contributed by atoms with Crippen LogP contribution in [0.5, 0.6) is 5.88 Å². The Morgan fingerprint density at radius 1 is 1.39 bits per heavy atom. The van der Waals surface area contributed by atoms with Crippen molar-refractivity contribution in [1.29, 1.82) is 0 Å². The van der Waals surface area contributed by atoms with E-state index >= 15 is 0 Å². The molecular formula is C20H20Cl2F4N6O4. The number of nitrogens with one attached hydrogen (secondary N) is 1. The normalized spacial score (nSPS) is 12.7. The molecule has 0 spiro atoms. The summed E-state index contributed by atoms with van der Waals surface area (Å²) >= 11 is 11.9. The number of alkyl halides is 3. The molecule has 0 radical (unpaired) electrons. The number of rotatable bonds is 9. The number of carbonyl (C=O) groups is 2. The van der Waals surface area contributed by atoms with Crippen LogP contribution in [0, 0.1) is 5.82 Å². The predicted octanol–water partition coefficient (Wildman–Crippen LogP) is 3.72. The Bertz CT molecular complexity index is 1130. The minimum atomic E-state index is -4.85. The molecule has 16 heteroatoms. The fraction of sp³-hybridized carbons (Fsp3) is 0.350. The van der Waals surface area contributed by atoms with Gasteiger partial charge in [-0.2, -0.15) is 23.3 Å². The number of aromatic nitrogens is 2. The average molecular weight is 555 g/mol. The van der Waals surface area contributed by atoms with E-state index in [1.807, 2.05) is 0 Å². The van der Waals surface area contributed by atoms with Gasteiger partial charge in [-0.15, -0.1) is 0 Å². The van der Waals surface area contributed by atoms with Crippen molar-refractivity contribution in [1.82, 2.24) is 14.9 Å². The van der Waals surface area contributed by atoms with Crippen LogP contribution in [0.25, 0.3) is 0 Å². The molecule has 2 heterocycles. The van der Waals surface area contributed by atoms with E-state index in [0.717, 1.165) is 17.0 Å². The number of hydrogen-bond donors (Lipinski definition) is 2. The first kappa shape index (κ1) is 29.0. The number of anilines is 2. The Hall–Kier alpha value is -3.23. The molecule has 0 bridgehead atoms. The second kappa shape index (κ2) is 12.1. The summed E-state index contributed by atoms with van der Waals surface area (Å²) in [7, 11) is 1.16. The van der Waals surface area contributed by atoms with Crippen LogP contribution >= 0.6 is 23.2 Å². The van der Waals surface area contributed by atoms with Gasteiger partial charge in [-0.25, -0.2) is 14.4 Å². The summed E-state index contributed by atoms with van der Waals surface area (Å²) in [5.74, 6) is -4.09. The van der Waals surface area contributed by atoms with Crippen molar-refractivity contribution in [2.75, 3.05) is 30.5 Å². The fourth-order valence-corrected chi connectivity index (χ4v) is 3.05. The number of ether oxygens (including phenoxy) is 1. The molecule has 0 fully saturated rings. The lowest BCUT2D eigenvalue weighted by Gasteiger charge is -2.22.